The van der Waals surface area contributed by atoms with Crippen LogP contribution in [-0.2, 0) is 6.42 Å². The molecule has 1 aromatic carbocycles. The van der Waals surface area contributed by atoms with Crippen molar-refractivity contribution in [3.63, 3.8) is 0 Å². The minimum Gasteiger partial charge on any atom is -0.271 e. The van der Waals surface area contributed by atoms with Crippen molar-refractivity contribution in [2.45, 2.75) is 42.5 Å². The van der Waals surface area contributed by atoms with Crippen molar-refractivity contribution < 1.29 is 0 Å². The summed E-state index contributed by atoms with van der Waals surface area (Å²) in [5.41, 5.74) is 5.53. The third kappa shape index (κ3) is 2.77. The van der Waals surface area contributed by atoms with Gasteiger partial charge in [0.25, 0.3) is 0 Å². The third-order valence-corrected chi connectivity index (χ3v) is 5.80. The number of halogens is 1. The first-order chi connectivity index (χ1) is 10.1. The molecule has 2 aromatic rings. The Morgan fingerprint density at radius 1 is 1.43 bits per heavy atom. The van der Waals surface area contributed by atoms with Gasteiger partial charge in [-0.2, -0.15) is 5.10 Å². The molecule has 2 heterocycles. The number of aromatic nitrogens is 2. The second-order valence-electron chi connectivity index (χ2n) is 5.53. The standard InChI is InChI=1S/C15H19BrN4S/c1-9(2)20-15(11(16)8-18-20)14(19-17)13-7-10-5-3-4-6-12(10)21-13/h3-6,8-9,13-14,19H,7,17H2,1-2H3. The van der Waals surface area contributed by atoms with E-state index < -0.39 is 0 Å². The molecule has 2 unspecified atom stereocenters. The maximum atomic E-state index is 5.89. The zero-order valence-corrected chi connectivity index (χ0v) is 14.5. The number of fused-ring (bicyclic) bond motifs is 1. The minimum atomic E-state index is 0.0571. The fourth-order valence-electron chi connectivity index (χ4n) is 2.81. The molecule has 0 amide bonds. The first kappa shape index (κ1) is 15.1. The minimum absolute atomic E-state index is 0.0571. The molecule has 6 heteroatoms. The van der Waals surface area contributed by atoms with E-state index in [0.29, 0.717) is 11.3 Å². The largest absolute Gasteiger partial charge is 0.271 e. The second-order valence-corrected chi connectivity index (χ2v) is 7.66. The molecular formula is C15H19BrN4S. The molecular weight excluding hydrogens is 348 g/mol. The molecule has 4 nitrogen and oxygen atoms in total. The number of nitrogens with zero attached hydrogens (tertiary/aromatic N) is 2. The normalized spacial score (nSPS) is 19.0. The number of nitrogens with one attached hydrogen (secondary N) is 1. The van der Waals surface area contributed by atoms with Crippen molar-refractivity contribution in [3.05, 3.63) is 46.2 Å². The SMILES string of the molecule is CC(C)n1ncc(Br)c1C(NN)C1Cc2ccccc2S1. The molecule has 0 fully saturated rings. The maximum absolute atomic E-state index is 5.89. The highest BCUT2D eigenvalue weighted by Crippen LogP contribution is 2.43. The number of hydrogen-bond donors (Lipinski definition) is 2. The van der Waals surface area contributed by atoms with E-state index in [0.717, 1.165) is 16.6 Å². The Morgan fingerprint density at radius 2 is 2.19 bits per heavy atom. The van der Waals surface area contributed by atoms with Crippen LogP contribution in [0, 0.1) is 0 Å². The predicted molar refractivity (Wildman–Crippen MR) is 90.2 cm³/mol. The Kier molecular flexibility index (Phi) is 4.40. The Labute approximate surface area is 137 Å². The molecule has 0 saturated heterocycles. The van der Waals surface area contributed by atoms with Gasteiger partial charge >= 0.3 is 0 Å². The van der Waals surface area contributed by atoms with Gasteiger partial charge in [-0.15, -0.1) is 11.8 Å². The zero-order chi connectivity index (χ0) is 15.0. The average Bonchev–Trinajstić information content (AvgIpc) is 3.04. The van der Waals surface area contributed by atoms with Gasteiger partial charge in [0.1, 0.15) is 0 Å². The van der Waals surface area contributed by atoms with Crippen LogP contribution in [0.5, 0.6) is 0 Å². The molecule has 0 bridgehead atoms. The highest BCUT2D eigenvalue weighted by atomic mass is 79.9. The molecule has 0 radical (unpaired) electrons. The van der Waals surface area contributed by atoms with Gasteiger partial charge in [-0.05, 0) is 47.8 Å². The van der Waals surface area contributed by atoms with Crippen LogP contribution in [0.25, 0.3) is 0 Å². The van der Waals surface area contributed by atoms with Gasteiger partial charge in [-0.25, -0.2) is 0 Å². The topological polar surface area (TPSA) is 55.9 Å². The molecule has 1 aliphatic heterocycles. The van der Waals surface area contributed by atoms with Crippen molar-refractivity contribution in [3.8, 4) is 0 Å². The maximum Gasteiger partial charge on any atom is 0.0765 e. The first-order valence-electron chi connectivity index (χ1n) is 7.05. The van der Waals surface area contributed by atoms with E-state index in [1.54, 1.807) is 0 Å². The lowest BCUT2D eigenvalue weighted by atomic mass is 10.0. The van der Waals surface area contributed by atoms with Crippen LogP contribution in [0.1, 0.15) is 37.2 Å². The molecule has 3 rings (SSSR count). The number of rotatable bonds is 4. The summed E-state index contributed by atoms with van der Waals surface area (Å²) in [6, 6.07) is 8.93. The predicted octanol–water partition coefficient (Wildman–Crippen LogP) is 3.45. The van der Waals surface area contributed by atoms with E-state index in [1.165, 1.54) is 10.5 Å². The summed E-state index contributed by atoms with van der Waals surface area (Å²) in [6.45, 7) is 4.26. The molecule has 1 aliphatic rings. The molecule has 3 N–H and O–H groups in total. The number of hydrogen-bond acceptors (Lipinski definition) is 4. The van der Waals surface area contributed by atoms with Gasteiger partial charge in [0.05, 0.1) is 22.4 Å². The van der Waals surface area contributed by atoms with Gasteiger partial charge in [0, 0.05) is 16.2 Å². The summed E-state index contributed by atoms with van der Waals surface area (Å²) in [6.07, 6.45) is 2.87. The van der Waals surface area contributed by atoms with Gasteiger partial charge < -0.3 is 0 Å². The third-order valence-electron chi connectivity index (χ3n) is 3.79. The van der Waals surface area contributed by atoms with Crippen molar-refractivity contribution in [2.75, 3.05) is 0 Å². The summed E-state index contributed by atoms with van der Waals surface area (Å²) in [7, 11) is 0. The molecule has 0 spiro atoms. The van der Waals surface area contributed by atoms with Crippen LogP contribution in [0.15, 0.2) is 39.8 Å². The van der Waals surface area contributed by atoms with E-state index in [1.807, 2.05) is 22.6 Å². The molecule has 0 saturated carbocycles. The molecule has 1 aromatic heterocycles. The molecule has 112 valence electrons. The van der Waals surface area contributed by atoms with E-state index >= 15 is 0 Å². The van der Waals surface area contributed by atoms with Gasteiger partial charge in [-0.1, -0.05) is 18.2 Å². The number of hydrazine groups is 1. The van der Waals surface area contributed by atoms with Gasteiger partial charge in [0.15, 0.2) is 0 Å². The van der Waals surface area contributed by atoms with Crippen LogP contribution in [0.2, 0.25) is 0 Å². The molecule has 21 heavy (non-hydrogen) atoms. The van der Waals surface area contributed by atoms with Crippen LogP contribution in [0.4, 0.5) is 0 Å². The highest BCUT2D eigenvalue weighted by Gasteiger charge is 2.33. The zero-order valence-electron chi connectivity index (χ0n) is 12.1. The summed E-state index contributed by atoms with van der Waals surface area (Å²) >= 11 is 5.51. The quantitative estimate of drug-likeness (QED) is 0.642. The van der Waals surface area contributed by atoms with Crippen molar-refractivity contribution in [2.24, 2.45) is 5.84 Å². The second kappa shape index (κ2) is 6.12. The summed E-state index contributed by atoms with van der Waals surface area (Å²) in [4.78, 5) is 1.36. The lowest BCUT2D eigenvalue weighted by Gasteiger charge is -2.25. The van der Waals surface area contributed by atoms with Crippen molar-refractivity contribution in [1.29, 1.82) is 0 Å². The Morgan fingerprint density at radius 3 is 2.86 bits per heavy atom. The number of nitrogens with two attached hydrogens (primary N) is 1. The first-order valence-corrected chi connectivity index (χ1v) is 8.72. The highest BCUT2D eigenvalue weighted by molar-refractivity contribution is 9.10. The lowest BCUT2D eigenvalue weighted by Crippen LogP contribution is -2.37. The average molecular weight is 367 g/mol. The summed E-state index contributed by atoms with van der Waals surface area (Å²) < 4.78 is 3.05. The van der Waals surface area contributed by atoms with Crippen LogP contribution in [0.3, 0.4) is 0 Å². The van der Waals surface area contributed by atoms with Gasteiger partial charge in [0.2, 0.25) is 0 Å². The van der Waals surface area contributed by atoms with E-state index in [-0.39, 0.29) is 6.04 Å². The van der Waals surface area contributed by atoms with Gasteiger partial charge in [-0.3, -0.25) is 16.0 Å². The smallest absolute Gasteiger partial charge is 0.0765 e. The van der Waals surface area contributed by atoms with Crippen molar-refractivity contribution >= 4 is 27.7 Å². The van der Waals surface area contributed by atoms with Crippen LogP contribution in [-0.4, -0.2) is 15.0 Å². The fraction of sp³-hybridized carbons (Fsp3) is 0.400. The van der Waals surface area contributed by atoms with E-state index in [9.17, 15) is 0 Å². The lowest BCUT2D eigenvalue weighted by molar-refractivity contribution is 0.440. The number of benzene rings is 1. The van der Waals surface area contributed by atoms with Crippen molar-refractivity contribution in [1.82, 2.24) is 15.2 Å². The Bertz CT molecular complexity index is 615. The Balaban J connectivity index is 1.93. The monoisotopic (exact) mass is 366 g/mol. The Hall–Kier alpha value is -0.820. The summed E-state index contributed by atoms with van der Waals surface area (Å²) in [5.74, 6) is 5.89. The fourth-order valence-corrected chi connectivity index (χ4v) is 4.72. The van der Waals surface area contributed by atoms with E-state index in [4.69, 9.17) is 5.84 Å². The number of thioether (sulfide) groups is 1. The van der Waals surface area contributed by atoms with E-state index in [2.05, 4.69) is 64.6 Å². The van der Waals surface area contributed by atoms with Crippen LogP contribution < -0.4 is 11.3 Å². The molecule has 0 aliphatic carbocycles. The molecule has 2 atom stereocenters. The van der Waals surface area contributed by atoms with Crippen LogP contribution >= 0.6 is 27.7 Å². The summed E-state index contributed by atoms with van der Waals surface area (Å²) in [5, 5.41) is 4.84.